The third-order valence-corrected chi connectivity index (χ3v) is 19.0. The van der Waals surface area contributed by atoms with Crippen LogP contribution in [0.3, 0.4) is 0 Å². The molecule has 0 unspecified atom stereocenters. The Bertz CT molecular complexity index is 3670. The zero-order valence-electron chi connectivity index (χ0n) is 56.6. The van der Waals surface area contributed by atoms with Crippen molar-refractivity contribution >= 4 is 6.41 Å². The quantitative estimate of drug-likeness (QED) is 0.122. The first-order valence-electron chi connectivity index (χ1n) is 31.2. The van der Waals surface area contributed by atoms with E-state index in [4.69, 9.17) is 0 Å². The number of allylic oxidation sites excluding steroid dienone is 8. The fraction of sp³-hybridized carbons (Fsp3) is 0.293. The SMILES string of the molecule is CC(C)(C)c1c[c-]c2c(c1)-c1cc(C(C)(C)C)ccc1C2.CC(C)(C)c1c[c-]c2c(c1)-c1cc(C(C)(C)C)ccc1C2.FC(F)(F)c1cccc([C](=[Zr+2])c2cccc(C(F)(F)F)c2)c1.FC(F)(F)c1cccc([C](=[Zr+2])c2cccc(C(F)(F)F)c2)c1.[C-]1=CC=CC1.[C-]1=CC=CC1.[Cl-].[Cl-]. The van der Waals surface area contributed by atoms with Crippen LogP contribution in [0.25, 0.3) is 22.3 Å². The number of rotatable bonds is 4. The summed E-state index contributed by atoms with van der Waals surface area (Å²) in [6, 6.07) is 48.5. The van der Waals surface area contributed by atoms with Crippen molar-refractivity contribution in [3.63, 3.8) is 0 Å². The molecule has 98 heavy (non-hydrogen) atoms. The number of alkyl halides is 12. The van der Waals surface area contributed by atoms with Crippen molar-refractivity contribution in [1.29, 1.82) is 0 Å². The van der Waals surface area contributed by atoms with Crippen molar-refractivity contribution in [3.8, 4) is 22.3 Å². The molecule has 0 atom stereocenters. The van der Waals surface area contributed by atoms with Gasteiger partial charge in [0.25, 0.3) is 0 Å². The summed E-state index contributed by atoms with van der Waals surface area (Å²) in [4.78, 5) is 0. The molecule has 0 aliphatic heterocycles. The summed E-state index contributed by atoms with van der Waals surface area (Å²) >= 11 is 1.46. The molecule has 0 radical (unpaired) electrons. The summed E-state index contributed by atoms with van der Waals surface area (Å²) in [6.07, 6.45) is 4.11. The molecule has 0 bridgehead atoms. The topological polar surface area (TPSA) is 0 Å². The van der Waals surface area contributed by atoms with Crippen molar-refractivity contribution < 1.29 is 126 Å². The Morgan fingerprint density at radius 2 is 0.592 bits per heavy atom. The molecular weight excluding hydrogens is 1470 g/mol. The fourth-order valence-electron chi connectivity index (χ4n) is 10.4. The fourth-order valence-corrected chi connectivity index (χ4v) is 11.9. The van der Waals surface area contributed by atoms with Crippen molar-refractivity contribution in [2.24, 2.45) is 0 Å². The van der Waals surface area contributed by atoms with Crippen molar-refractivity contribution in [1.82, 2.24) is 0 Å². The maximum Gasteiger partial charge on any atom is -0.109 e. The summed E-state index contributed by atoms with van der Waals surface area (Å²) < 4.78 is 153. The van der Waals surface area contributed by atoms with Gasteiger partial charge >= 0.3 is 274 Å². The van der Waals surface area contributed by atoms with E-state index in [1.54, 1.807) is 0 Å². The van der Waals surface area contributed by atoms with E-state index in [9.17, 15) is 52.7 Å². The van der Waals surface area contributed by atoms with Gasteiger partial charge in [-0.05, 0) is 34.8 Å². The van der Waals surface area contributed by atoms with E-state index in [1.807, 2.05) is 24.3 Å². The molecule has 0 spiro atoms. The third kappa shape index (κ3) is 23.0. The molecule has 12 rings (SSSR count). The molecule has 0 heterocycles. The van der Waals surface area contributed by atoms with Crippen LogP contribution in [-0.2, 0) is 108 Å². The molecule has 0 saturated carbocycles. The van der Waals surface area contributed by atoms with Crippen molar-refractivity contribution in [2.75, 3.05) is 0 Å². The van der Waals surface area contributed by atoms with Crippen LogP contribution < -0.4 is 24.8 Å². The number of hydrogen-bond donors (Lipinski definition) is 0. The van der Waals surface area contributed by atoms with E-state index in [2.05, 4.69) is 180 Å². The molecule has 0 fully saturated rings. The average molecular weight is 1540 g/mol. The van der Waals surface area contributed by atoms with Crippen molar-refractivity contribution in [3.05, 3.63) is 307 Å². The summed E-state index contributed by atoms with van der Waals surface area (Å²) in [6.45, 7) is 27.3. The minimum atomic E-state index is -4.49. The van der Waals surface area contributed by atoms with Crippen molar-refractivity contribution in [2.45, 2.75) is 155 Å². The molecule has 4 aliphatic rings. The zero-order valence-corrected chi connectivity index (χ0v) is 63.0. The van der Waals surface area contributed by atoms with Gasteiger partial charge in [-0.25, -0.2) is 24.3 Å². The number of benzene rings is 8. The van der Waals surface area contributed by atoms with Gasteiger partial charge in [0.1, 0.15) is 0 Å². The van der Waals surface area contributed by atoms with Crippen LogP contribution in [-0.4, -0.2) is 6.41 Å². The van der Waals surface area contributed by atoms with Gasteiger partial charge in [-0.15, -0.1) is 24.0 Å². The van der Waals surface area contributed by atoms with E-state index < -0.39 is 47.0 Å². The van der Waals surface area contributed by atoms with Crippen LogP contribution in [0.5, 0.6) is 0 Å². The molecule has 0 saturated heterocycles. The Labute approximate surface area is 612 Å². The van der Waals surface area contributed by atoms with Gasteiger partial charge in [-0.3, -0.25) is 12.2 Å². The standard InChI is InChI=1S/2C21H25.2C15H8F6.2C5H5.2ClH.2Zr/c2*1-20(2,3)16-9-7-14-11-15-8-10-17(21(4,5)6)13-19(15)18(14)12-16;2*16-14(17,18)12-5-1-3-10(8-12)7-11-4-2-6-13(9-11)15(19,20)21;2*1-2-4-5-3-1;;;;/h2*7,9-10,12-13H,11H2,1-6H3;2*1-6,8-9H;2*1-3H,4H2;2*1H;;/q2*-1;;;2*-1;;;2*+2/p-2. The van der Waals surface area contributed by atoms with Gasteiger partial charge in [-0.1, -0.05) is 153 Å². The van der Waals surface area contributed by atoms with Crippen LogP contribution in [0.1, 0.15) is 185 Å². The smallest absolute Gasteiger partial charge is 0.109 e. The first-order chi connectivity index (χ1) is 44.5. The summed E-state index contributed by atoms with van der Waals surface area (Å²) in [7, 11) is 0. The normalized spacial score (nSPS) is 13.3. The number of fused-ring (bicyclic) bond motifs is 6. The summed E-state index contributed by atoms with van der Waals surface area (Å²) in [5.41, 5.74) is 15.3. The molecule has 0 aromatic heterocycles. The van der Waals surface area contributed by atoms with Gasteiger partial charge < -0.3 is 24.8 Å². The van der Waals surface area contributed by atoms with Crippen LogP contribution in [0.15, 0.2) is 194 Å². The van der Waals surface area contributed by atoms with Crippen LogP contribution in [0.4, 0.5) is 52.7 Å². The minimum absolute atomic E-state index is 0. The zero-order chi connectivity index (χ0) is 71.0. The Morgan fingerprint density at radius 3 is 0.806 bits per heavy atom. The predicted octanol–water partition coefficient (Wildman–Crippen LogP) is 17.6. The average Bonchev–Trinajstić information content (AvgIpc) is 1.60. The third-order valence-electron chi connectivity index (χ3n) is 16.1. The second-order valence-corrected chi connectivity index (χ2v) is 30.2. The number of halogens is 14. The molecule has 4 aliphatic carbocycles. The largest absolute Gasteiger partial charge is 1.00 e. The maximum absolute atomic E-state index is 12.7. The van der Waals surface area contributed by atoms with E-state index in [1.165, 1.54) is 115 Å². The molecule has 0 nitrogen and oxygen atoms in total. The van der Waals surface area contributed by atoms with E-state index in [0.717, 1.165) is 123 Å². The minimum Gasteiger partial charge on any atom is -1.00 e. The summed E-state index contributed by atoms with van der Waals surface area (Å²) in [5.74, 6) is 0. The molecule has 16 heteroatoms. The molecule has 8 aromatic carbocycles. The summed E-state index contributed by atoms with van der Waals surface area (Å²) in [5, 5.41) is 0. The van der Waals surface area contributed by atoms with Crippen LogP contribution in [0.2, 0.25) is 0 Å². The van der Waals surface area contributed by atoms with E-state index >= 15 is 0 Å². The Kier molecular flexibility index (Phi) is 28.4. The Morgan fingerprint density at radius 1 is 0.327 bits per heavy atom. The molecule has 0 amide bonds. The van der Waals surface area contributed by atoms with Crippen LogP contribution >= 0.6 is 0 Å². The van der Waals surface area contributed by atoms with Crippen LogP contribution in [0, 0.1) is 24.3 Å². The number of hydrogen-bond acceptors (Lipinski definition) is 0. The molecule has 512 valence electrons. The Balaban J connectivity index is 0.000000223. The van der Waals surface area contributed by atoms with E-state index in [-0.39, 0.29) is 68.7 Å². The first-order valence-corrected chi connectivity index (χ1v) is 33.6. The Hall–Kier alpha value is -6.03. The van der Waals surface area contributed by atoms with Gasteiger partial charge in [-0.2, -0.15) is 70.8 Å². The van der Waals surface area contributed by atoms with Gasteiger partial charge in [0.05, 0.1) is 0 Å². The molecular formula is C82H76Cl2F12Zr2-2. The molecule has 8 aromatic rings. The predicted molar refractivity (Wildman–Crippen MR) is 357 cm³/mol. The van der Waals surface area contributed by atoms with Gasteiger partial charge in [0.2, 0.25) is 0 Å². The van der Waals surface area contributed by atoms with Gasteiger partial charge in [0.15, 0.2) is 0 Å². The monoisotopic (exact) mass is 1540 g/mol. The first kappa shape index (κ1) is 82.6. The van der Waals surface area contributed by atoms with E-state index in [0.29, 0.717) is 6.41 Å². The second-order valence-electron chi connectivity index (χ2n) is 27.7. The molecule has 0 N–H and O–H groups in total. The maximum atomic E-state index is 12.7. The second kappa shape index (κ2) is 33.6. The van der Waals surface area contributed by atoms with Gasteiger partial charge in [0, 0.05) is 0 Å².